The molecule has 15 heavy (non-hydrogen) atoms. The van der Waals surface area contributed by atoms with Crippen molar-refractivity contribution < 1.29 is 19.4 Å². The summed E-state index contributed by atoms with van der Waals surface area (Å²) in [5.74, 6) is -1.23. The number of rotatable bonds is 4. The fourth-order valence-electron chi connectivity index (χ4n) is 0.318. The van der Waals surface area contributed by atoms with Crippen molar-refractivity contribution in [3.63, 3.8) is 0 Å². The van der Waals surface area contributed by atoms with Gasteiger partial charge in [-0.2, -0.15) is 0 Å². The van der Waals surface area contributed by atoms with Crippen LogP contribution in [0.25, 0.3) is 0 Å². The Morgan fingerprint density at radius 1 is 1.20 bits per heavy atom. The van der Waals surface area contributed by atoms with Crippen molar-refractivity contribution in [1.29, 1.82) is 0 Å². The Bertz CT molecular complexity index is 241. The molecule has 0 aliphatic carbocycles. The third kappa shape index (κ3) is 12.4. The molecule has 0 saturated heterocycles. The standard InChI is InChI=1S/C7H12O2.C4H6O2/c1-4-5-9-7(8)6(2)3;1-3(2)4(5)6/h2,4-5H2,1,3H3;1H2,2H3,(H,5,6). The molecule has 0 aromatic rings. The molecule has 0 spiro atoms. The zero-order valence-electron chi connectivity index (χ0n) is 9.50. The second-order valence-corrected chi connectivity index (χ2v) is 3.00. The Kier molecular flexibility index (Phi) is 9.52. The quantitative estimate of drug-likeness (QED) is 0.575. The minimum Gasteiger partial charge on any atom is -0.478 e. The molecule has 0 saturated carbocycles. The van der Waals surface area contributed by atoms with Crippen LogP contribution in [-0.4, -0.2) is 23.7 Å². The fourth-order valence-corrected chi connectivity index (χ4v) is 0.318. The van der Waals surface area contributed by atoms with Gasteiger partial charge in [-0.1, -0.05) is 20.1 Å². The van der Waals surface area contributed by atoms with Crippen LogP contribution in [0, 0.1) is 0 Å². The van der Waals surface area contributed by atoms with Gasteiger partial charge in [-0.25, -0.2) is 9.59 Å². The Morgan fingerprint density at radius 2 is 1.60 bits per heavy atom. The van der Waals surface area contributed by atoms with Gasteiger partial charge >= 0.3 is 11.9 Å². The molecule has 0 unspecified atom stereocenters. The van der Waals surface area contributed by atoms with Crippen LogP contribution in [0.4, 0.5) is 0 Å². The molecule has 0 amide bonds. The summed E-state index contributed by atoms with van der Waals surface area (Å²) in [7, 11) is 0. The predicted octanol–water partition coefficient (Wildman–Crippen LogP) is 2.16. The average molecular weight is 214 g/mol. The van der Waals surface area contributed by atoms with Crippen LogP contribution in [-0.2, 0) is 14.3 Å². The Labute approximate surface area is 90.2 Å². The van der Waals surface area contributed by atoms with E-state index in [0.717, 1.165) is 6.42 Å². The SMILES string of the molecule is C=C(C)C(=O)O.C=C(C)C(=O)OCCC. The molecule has 0 rings (SSSR count). The first-order chi connectivity index (χ1) is 6.82. The third-order valence-corrected chi connectivity index (χ3v) is 1.15. The van der Waals surface area contributed by atoms with E-state index >= 15 is 0 Å². The monoisotopic (exact) mass is 214 g/mol. The van der Waals surface area contributed by atoms with E-state index in [1.165, 1.54) is 6.92 Å². The average Bonchev–Trinajstić information content (AvgIpc) is 2.14. The van der Waals surface area contributed by atoms with Gasteiger partial charge in [0.05, 0.1) is 6.61 Å². The summed E-state index contributed by atoms with van der Waals surface area (Å²) < 4.78 is 4.71. The molecular weight excluding hydrogens is 196 g/mol. The van der Waals surface area contributed by atoms with Crippen molar-refractivity contribution in [3.8, 4) is 0 Å². The van der Waals surface area contributed by atoms with Crippen molar-refractivity contribution in [2.45, 2.75) is 27.2 Å². The first-order valence-corrected chi connectivity index (χ1v) is 4.54. The van der Waals surface area contributed by atoms with Crippen LogP contribution in [0.2, 0.25) is 0 Å². The number of esters is 1. The molecule has 0 bridgehead atoms. The van der Waals surface area contributed by atoms with E-state index in [1.54, 1.807) is 6.92 Å². The lowest BCUT2D eigenvalue weighted by molar-refractivity contribution is -0.139. The van der Waals surface area contributed by atoms with Gasteiger partial charge in [0.25, 0.3) is 0 Å². The molecular formula is C11H18O4. The Hall–Kier alpha value is -1.58. The van der Waals surface area contributed by atoms with Crippen molar-refractivity contribution in [2.24, 2.45) is 0 Å². The molecule has 0 aliphatic rings. The highest BCUT2D eigenvalue weighted by atomic mass is 16.5. The molecule has 0 heterocycles. The minimum atomic E-state index is -0.935. The van der Waals surface area contributed by atoms with E-state index in [1.807, 2.05) is 6.92 Å². The van der Waals surface area contributed by atoms with Crippen LogP contribution in [0.15, 0.2) is 24.3 Å². The fraction of sp³-hybridized carbons (Fsp3) is 0.455. The second kappa shape index (κ2) is 8.99. The maximum absolute atomic E-state index is 10.6. The van der Waals surface area contributed by atoms with Gasteiger partial charge in [-0.3, -0.25) is 0 Å². The van der Waals surface area contributed by atoms with Crippen molar-refractivity contribution in [1.82, 2.24) is 0 Å². The zero-order chi connectivity index (χ0) is 12.4. The smallest absolute Gasteiger partial charge is 0.333 e. The third-order valence-electron chi connectivity index (χ3n) is 1.15. The number of carbonyl (C=O) groups excluding carboxylic acids is 1. The Balaban J connectivity index is 0. The second-order valence-electron chi connectivity index (χ2n) is 3.00. The summed E-state index contributed by atoms with van der Waals surface area (Å²) in [5, 5.41) is 7.89. The van der Waals surface area contributed by atoms with Crippen LogP contribution in [0.1, 0.15) is 27.2 Å². The normalized spacial score (nSPS) is 8.20. The lowest BCUT2D eigenvalue weighted by Gasteiger charge is -1.99. The van der Waals surface area contributed by atoms with Crippen molar-refractivity contribution in [2.75, 3.05) is 6.61 Å². The van der Waals surface area contributed by atoms with Crippen LogP contribution in [0.3, 0.4) is 0 Å². The summed E-state index contributed by atoms with van der Waals surface area (Å²) in [4.78, 5) is 20.2. The molecule has 0 atom stereocenters. The van der Waals surface area contributed by atoms with Crippen LogP contribution < -0.4 is 0 Å². The molecule has 0 aromatic carbocycles. The van der Waals surface area contributed by atoms with Gasteiger partial charge in [0.15, 0.2) is 0 Å². The van der Waals surface area contributed by atoms with E-state index < -0.39 is 5.97 Å². The molecule has 0 aromatic heterocycles. The van der Waals surface area contributed by atoms with Gasteiger partial charge in [0, 0.05) is 11.1 Å². The lowest BCUT2D eigenvalue weighted by atomic mass is 10.4. The summed E-state index contributed by atoms with van der Waals surface area (Å²) >= 11 is 0. The highest BCUT2D eigenvalue weighted by Crippen LogP contribution is 1.91. The van der Waals surface area contributed by atoms with Gasteiger partial charge < -0.3 is 9.84 Å². The lowest BCUT2D eigenvalue weighted by Crippen LogP contribution is -2.04. The molecule has 4 heteroatoms. The highest BCUT2D eigenvalue weighted by Gasteiger charge is 1.99. The number of ether oxygens (including phenoxy) is 1. The van der Waals surface area contributed by atoms with Gasteiger partial charge in [-0.05, 0) is 20.3 Å². The molecule has 4 nitrogen and oxygen atoms in total. The molecule has 0 radical (unpaired) electrons. The molecule has 1 N–H and O–H groups in total. The first-order valence-electron chi connectivity index (χ1n) is 4.54. The van der Waals surface area contributed by atoms with E-state index in [2.05, 4.69) is 13.2 Å². The molecule has 0 fully saturated rings. The van der Waals surface area contributed by atoms with E-state index in [4.69, 9.17) is 9.84 Å². The van der Waals surface area contributed by atoms with Gasteiger partial charge in [0.1, 0.15) is 0 Å². The van der Waals surface area contributed by atoms with Crippen LogP contribution in [0.5, 0.6) is 0 Å². The number of hydrogen-bond donors (Lipinski definition) is 1. The highest BCUT2D eigenvalue weighted by molar-refractivity contribution is 5.86. The topological polar surface area (TPSA) is 63.6 Å². The summed E-state index contributed by atoms with van der Waals surface area (Å²) in [6.07, 6.45) is 0.860. The number of carboxylic acid groups (broad SMARTS) is 1. The first kappa shape index (κ1) is 15.9. The van der Waals surface area contributed by atoms with E-state index in [9.17, 15) is 9.59 Å². The largest absolute Gasteiger partial charge is 0.478 e. The maximum Gasteiger partial charge on any atom is 0.333 e. The summed E-state index contributed by atoms with van der Waals surface area (Å²) in [6.45, 7) is 12.1. The number of carbonyl (C=O) groups is 2. The summed E-state index contributed by atoms with van der Waals surface area (Å²) in [5.41, 5.74) is 0.637. The number of carboxylic acids is 1. The van der Waals surface area contributed by atoms with E-state index in [0.29, 0.717) is 12.2 Å². The van der Waals surface area contributed by atoms with Crippen LogP contribution >= 0.6 is 0 Å². The molecule has 0 aliphatic heterocycles. The minimum absolute atomic E-state index is 0.176. The van der Waals surface area contributed by atoms with Gasteiger partial charge in [-0.15, -0.1) is 0 Å². The maximum atomic E-state index is 10.6. The summed E-state index contributed by atoms with van der Waals surface area (Å²) in [6, 6.07) is 0. The Morgan fingerprint density at radius 3 is 1.80 bits per heavy atom. The van der Waals surface area contributed by atoms with Crippen molar-refractivity contribution >= 4 is 11.9 Å². The molecule has 86 valence electrons. The number of aliphatic carboxylic acids is 1. The zero-order valence-corrected chi connectivity index (χ0v) is 9.50. The van der Waals surface area contributed by atoms with Crippen molar-refractivity contribution in [3.05, 3.63) is 24.3 Å². The number of hydrogen-bond acceptors (Lipinski definition) is 3. The van der Waals surface area contributed by atoms with Gasteiger partial charge in [0.2, 0.25) is 0 Å². The predicted molar refractivity (Wildman–Crippen MR) is 58.5 cm³/mol. The van der Waals surface area contributed by atoms with E-state index in [-0.39, 0.29) is 11.5 Å².